The van der Waals surface area contributed by atoms with Crippen molar-refractivity contribution in [3.05, 3.63) is 54.3 Å². The highest BCUT2D eigenvalue weighted by molar-refractivity contribution is 7.89. The van der Waals surface area contributed by atoms with Crippen LogP contribution in [-0.4, -0.2) is 30.9 Å². The summed E-state index contributed by atoms with van der Waals surface area (Å²) in [5.41, 5.74) is 1.98. The minimum Gasteiger partial charge on any atom is -0.288 e. The van der Waals surface area contributed by atoms with Gasteiger partial charge in [0.15, 0.2) is 0 Å². The molecular weight excluding hydrogens is 280 g/mol. The minimum absolute atomic E-state index is 0.184. The van der Waals surface area contributed by atoms with Crippen LogP contribution in [0.25, 0.3) is 0 Å². The maximum absolute atomic E-state index is 12.2. The zero-order valence-corrected chi connectivity index (χ0v) is 12.0. The van der Waals surface area contributed by atoms with Crippen molar-refractivity contribution >= 4 is 15.9 Å². The molecular formula is C13H16N2O4S. The average molecular weight is 296 g/mol. The van der Waals surface area contributed by atoms with Gasteiger partial charge < -0.3 is 0 Å². The topological polar surface area (TPSA) is 86.7 Å². The van der Waals surface area contributed by atoms with Gasteiger partial charge in [0.2, 0.25) is 0 Å². The number of carbonyl (C=O) groups excluding carboxylic acids is 1. The maximum atomic E-state index is 12.2. The molecule has 0 radical (unpaired) electrons. The van der Waals surface area contributed by atoms with Crippen molar-refractivity contribution in [2.75, 3.05) is 7.05 Å². The molecule has 0 saturated carbocycles. The largest absolute Gasteiger partial charge is 0.288 e. The molecule has 1 rings (SSSR count). The summed E-state index contributed by atoms with van der Waals surface area (Å²) in [5, 5.41) is 8.33. The summed E-state index contributed by atoms with van der Waals surface area (Å²) >= 11 is 0. The summed E-state index contributed by atoms with van der Waals surface area (Å²) in [5.74, 6) is -0.689. The van der Waals surface area contributed by atoms with Crippen LogP contribution in [0.1, 0.15) is 6.92 Å². The highest BCUT2D eigenvalue weighted by Gasteiger charge is 2.17. The SMILES string of the molecule is CC(C=CC(=O)NO)=CN(C)S(=O)(=O)c1ccccc1. The second-order valence-electron chi connectivity index (χ2n) is 4.02. The van der Waals surface area contributed by atoms with Gasteiger partial charge in [-0.05, 0) is 24.6 Å². The number of benzene rings is 1. The molecule has 0 aromatic heterocycles. The zero-order valence-electron chi connectivity index (χ0n) is 11.1. The first-order valence-corrected chi connectivity index (χ1v) is 7.15. The Morgan fingerprint density at radius 2 is 1.85 bits per heavy atom. The molecule has 0 aliphatic carbocycles. The van der Waals surface area contributed by atoms with E-state index in [1.165, 1.54) is 36.9 Å². The Morgan fingerprint density at radius 1 is 1.25 bits per heavy atom. The molecule has 0 fully saturated rings. The van der Waals surface area contributed by atoms with Gasteiger partial charge in [0, 0.05) is 19.3 Å². The lowest BCUT2D eigenvalue weighted by Gasteiger charge is -2.15. The van der Waals surface area contributed by atoms with E-state index >= 15 is 0 Å². The standard InChI is InChI=1S/C13H16N2O4S/c1-11(8-9-13(16)14-17)10-15(2)20(18,19)12-6-4-3-5-7-12/h3-10,17H,1-2H3,(H,14,16). The van der Waals surface area contributed by atoms with Crippen molar-refractivity contribution < 1.29 is 18.4 Å². The van der Waals surface area contributed by atoms with Gasteiger partial charge in [0.1, 0.15) is 0 Å². The first kappa shape index (κ1) is 15.9. The van der Waals surface area contributed by atoms with Crippen LogP contribution in [0, 0.1) is 0 Å². The first-order chi connectivity index (χ1) is 9.37. The predicted molar refractivity (Wildman–Crippen MR) is 74.2 cm³/mol. The van der Waals surface area contributed by atoms with Crippen LogP contribution < -0.4 is 5.48 Å². The Bertz CT molecular complexity index is 621. The van der Waals surface area contributed by atoms with Crippen LogP contribution in [0.3, 0.4) is 0 Å². The van der Waals surface area contributed by atoms with Crippen molar-refractivity contribution in [3.63, 3.8) is 0 Å². The van der Waals surface area contributed by atoms with E-state index in [-0.39, 0.29) is 4.90 Å². The Labute approximate surface area is 118 Å². The number of rotatable bonds is 5. The smallest absolute Gasteiger partial charge is 0.267 e. The Balaban J connectivity index is 2.93. The molecule has 0 aliphatic heterocycles. The number of nitrogens with zero attached hydrogens (tertiary/aromatic N) is 1. The highest BCUT2D eigenvalue weighted by atomic mass is 32.2. The molecule has 0 spiro atoms. The van der Waals surface area contributed by atoms with Gasteiger partial charge >= 0.3 is 0 Å². The molecule has 1 amide bonds. The number of carbonyl (C=O) groups is 1. The number of amides is 1. The van der Waals surface area contributed by atoms with E-state index in [0.717, 1.165) is 10.4 Å². The molecule has 0 heterocycles. The minimum atomic E-state index is -3.61. The van der Waals surface area contributed by atoms with Crippen molar-refractivity contribution in [1.29, 1.82) is 0 Å². The second kappa shape index (κ2) is 6.88. The van der Waals surface area contributed by atoms with E-state index in [1.807, 2.05) is 0 Å². The molecule has 108 valence electrons. The zero-order chi connectivity index (χ0) is 15.2. The fraction of sp³-hybridized carbons (Fsp3) is 0.154. The normalized spacial score (nSPS) is 12.4. The van der Waals surface area contributed by atoms with Crippen LogP contribution in [0.15, 0.2) is 59.2 Å². The summed E-state index contributed by atoms with van der Waals surface area (Å²) < 4.78 is 25.5. The van der Waals surface area contributed by atoms with Gasteiger partial charge in [-0.25, -0.2) is 13.9 Å². The van der Waals surface area contributed by atoms with Crippen LogP contribution >= 0.6 is 0 Å². The quantitative estimate of drug-likeness (QED) is 0.371. The monoisotopic (exact) mass is 296 g/mol. The summed E-state index contributed by atoms with van der Waals surface area (Å²) in [6.07, 6.45) is 3.86. The van der Waals surface area contributed by atoms with Crippen molar-refractivity contribution in [2.45, 2.75) is 11.8 Å². The summed E-state index contributed by atoms with van der Waals surface area (Å²) in [7, 11) is -2.20. The summed E-state index contributed by atoms with van der Waals surface area (Å²) in [4.78, 5) is 11.0. The number of hydrogen-bond acceptors (Lipinski definition) is 4. The molecule has 0 atom stereocenters. The maximum Gasteiger partial charge on any atom is 0.267 e. The van der Waals surface area contributed by atoms with Crippen LogP contribution in [0.2, 0.25) is 0 Å². The van der Waals surface area contributed by atoms with Crippen molar-refractivity contribution in [2.24, 2.45) is 0 Å². The van der Waals surface area contributed by atoms with Gasteiger partial charge in [-0.15, -0.1) is 0 Å². The van der Waals surface area contributed by atoms with E-state index in [1.54, 1.807) is 25.1 Å². The molecule has 0 saturated heterocycles. The Hall–Kier alpha value is -2.12. The van der Waals surface area contributed by atoms with Crippen molar-refractivity contribution in [3.8, 4) is 0 Å². The van der Waals surface area contributed by atoms with Gasteiger partial charge in [-0.1, -0.05) is 24.3 Å². The third kappa shape index (κ3) is 4.22. The molecule has 6 nitrogen and oxygen atoms in total. The number of nitrogens with one attached hydrogen (secondary N) is 1. The lowest BCUT2D eigenvalue weighted by molar-refractivity contribution is -0.124. The fourth-order valence-corrected chi connectivity index (χ4v) is 2.54. The van der Waals surface area contributed by atoms with Gasteiger partial charge in [0.05, 0.1) is 4.90 Å². The second-order valence-corrected chi connectivity index (χ2v) is 6.01. The third-order valence-electron chi connectivity index (χ3n) is 2.41. The molecule has 1 aromatic rings. The lowest BCUT2D eigenvalue weighted by Crippen LogP contribution is -2.21. The third-order valence-corrected chi connectivity index (χ3v) is 4.14. The molecule has 0 unspecified atom stereocenters. The first-order valence-electron chi connectivity index (χ1n) is 5.71. The average Bonchev–Trinajstić information content (AvgIpc) is 2.45. The van der Waals surface area contributed by atoms with Gasteiger partial charge in [-0.3, -0.25) is 14.3 Å². The lowest BCUT2D eigenvalue weighted by atomic mass is 10.3. The van der Waals surface area contributed by atoms with E-state index in [9.17, 15) is 13.2 Å². The van der Waals surface area contributed by atoms with Crippen LogP contribution in [0.4, 0.5) is 0 Å². The molecule has 2 N–H and O–H groups in total. The number of sulfonamides is 1. The molecule has 7 heteroatoms. The summed E-state index contributed by atoms with van der Waals surface area (Å²) in [6.45, 7) is 1.64. The van der Waals surface area contributed by atoms with Crippen LogP contribution in [0.5, 0.6) is 0 Å². The summed E-state index contributed by atoms with van der Waals surface area (Å²) in [6, 6.07) is 8.02. The molecule has 0 aliphatic rings. The predicted octanol–water partition coefficient (Wildman–Crippen LogP) is 1.27. The van der Waals surface area contributed by atoms with E-state index in [0.29, 0.717) is 5.57 Å². The Morgan fingerprint density at radius 3 is 2.40 bits per heavy atom. The Kier molecular flexibility index (Phi) is 5.48. The number of hydroxylamine groups is 1. The molecule has 20 heavy (non-hydrogen) atoms. The fourth-order valence-electron chi connectivity index (χ4n) is 1.40. The molecule has 0 bridgehead atoms. The molecule has 1 aromatic carbocycles. The van der Waals surface area contributed by atoms with E-state index in [2.05, 4.69) is 0 Å². The van der Waals surface area contributed by atoms with Gasteiger partial charge in [0.25, 0.3) is 15.9 Å². The van der Waals surface area contributed by atoms with E-state index < -0.39 is 15.9 Å². The van der Waals surface area contributed by atoms with Gasteiger partial charge in [-0.2, -0.15) is 0 Å². The van der Waals surface area contributed by atoms with E-state index in [4.69, 9.17) is 5.21 Å². The highest BCUT2D eigenvalue weighted by Crippen LogP contribution is 2.14. The number of hydrogen-bond donors (Lipinski definition) is 2. The van der Waals surface area contributed by atoms with Crippen molar-refractivity contribution in [1.82, 2.24) is 9.79 Å². The number of allylic oxidation sites excluding steroid dienone is 2. The van der Waals surface area contributed by atoms with Crippen LogP contribution in [-0.2, 0) is 14.8 Å².